The van der Waals surface area contributed by atoms with Gasteiger partial charge < -0.3 is 9.64 Å². The van der Waals surface area contributed by atoms with Crippen molar-refractivity contribution >= 4 is 44.4 Å². The molecule has 0 aromatic heterocycles. The second kappa shape index (κ2) is 6.54. The van der Waals surface area contributed by atoms with E-state index in [1.54, 1.807) is 7.11 Å². The summed E-state index contributed by atoms with van der Waals surface area (Å²) in [5.74, 6) is 0.607. The Morgan fingerprint density at radius 2 is 2.26 bits per heavy atom. The van der Waals surface area contributed by atoms with E-state index in [1.807, 2.05) is 23.1 Å². The molecule has 0 saturated carbocycles. The number of likely N-dealkylation sites (tertiary alicyclic amines) is 1. The van der Waals surface area contributed by atoms with Crippen LogP contribution in [0.4, 0.5) is 0 Å². The Kier molecular flexibility index (Phi) is 5.25. The molecule has 1 aliphatic heterocycles. The van der Waals surface area contributed by atoms with Crippen LogP contribution in [-0.2, 0) is 4.74 Å². The van der Waals surface area contributed by atoms with E-state index in [0.717, 1.165) is 26.6 Å². The van der Waals surface area contributed by atoms with Crippen LogP contribution in [0.3, 0.4) is 0 Å². The van der Waals surface area contributed by atoms with E-state index in [2.05, 4.69) is 45.4 Å². The number of hydrogen-bond donors (Lipinski definition) is 0. The maximum absolute atomic E-state index is 12.6. The van der Waals surface area contributed by atoms with Crippen LogP contribution in [-0.4, -0.2) is 37.1 Å². The standard InChI is InChI=1S/C14H17BrINO2/c1-9-5-6-17(8-13(9)19-2)14(18)11-7-10(15)3-4-12(11)16/h3-4,7,9,13H,5-6,8H2,1-2H3. The molecule has 2 unspecified atom stereocenters. The molecule has 19 heavy (non-hydrogen) atoms. The van der Waals surface area contributed by atoms with Gasteiger partial charge in [0.25, 0.3) is 5.91 Å². The van der Waals surface area contributed by atoms with Crippen molar-refractivity contribution in [3.8, 4) is 0 Å². The van der Waals surface area contributed by atoms with Crippen molar-refractivity contribution in [1.82, 2.24) is 4.90 Å². The summed E-state index contributed by atoms with van der Waals surface area (Å²) in [6, 6.07) is 5.80. The van der Waals surface area contributed by atoms with Gasteiger partial charge in [0, 0.05) is 28.2 Å². The van der Waals surface area contributed by atoms with Gasteiger partial charge in [0.05, 0.1) is 11.7 Å². The van der Waals surface area contributed by atoms with Gasteiger partial charge in [-0.05, 0) is 53.1 Å². The maximum atomic E-state index is 12.6. The number of ether oxygens (including phenoxy) is 1. The summed E-state index contributed by atoms with van der Waals surface area (Å²) in [6.07, 6.45) is 1.14. The summed E-state index contributed by atoms with van der Waals surface area (Å²) in [6.45, 7) is 3.67. The van der Waals surface area contributed by atoms with Crippen LogP contribution in [0.2, 0.25) is 0 Å². The number of piperidine rings is 1. The summed E-state index contributed by atoms with van der Waals surface area (Å²) in [4.78, 5) is 14.5. The molecule has 5 heteroatoms. The average molecular weight is 438 g/mol. The Hall–Kier alpha value is -0.140. The number of amides is 1. The SMILES string of the molecule is COC1CN(C(=O)c2cc(Br)ccc2I)CCC1C. The van der Waals surface area contributed by atoms with Crippen LogP contribution in [0.5, 0.6) is 0 Å². The first-order chi connectivity index (χ1) is 9.02. The van der Waals surface area contributed by atoms with Gasteiger partial charge in [0.1, 0.15) is 0 Å². The van der Waals surface area contributed by atoms with E-state index in [1.165, 1.54) is 0 Å². The van der Waals surface area contributed by atoms with Gasteiger partial charge in [0.15, 0.2) is 0 Å². The molecule has 1 amide bonds. The number of carbonyl (C=O) groups excluding carboxylic acids is 1. The lowest BCUT2D eigenvalue weighted by Gasteiger charge is -2.36. The number of carbonyl (C=O) groups is 1. The number of halogens is 2. The van der Waals surface area contributed by atoms with Crippen molar-refractivity contribution in [2.45, 2.75) is 19.4 Å². The number of nitrogens with zero attached hydrogens (tertiary/aromatic N) is 1. The number of hydrogen-bond acceptors (Lipinski definition) is 2. The first-order valence-electron chi connectivity index (χ1n) is 6.30. The molecule has 1 aromatic rings. The molecule has 3 nitrogen and oxygen atoms in total. The Balaban J connectivity index is 2.18. The second-order valence-corrected chi connectivity index (χ2v) is 6.99. The molecule has 0 bridgehead atoms. The normalized spacial score (nSPS) is 23.5. The van der Waals surface area contributed by atoms with Gasteiger partial charge >= 0.3 is 0 Å². The smallest absolute Gasteiger partial charge is 0.255 e. The van der Waals surface area contributed by atoms with Gasteiger partial charge in [-0.15, -0.1) is 0 Å². The van der Waals surface area contributed by atoms with E-state index >= 15 is 0 Å². The Labute approximate surface area is 136 Å². The van der Waals surface area contributed by atoms with Crippen molar-refractivity contribution in [3.05, 3.63) is 31.8 Å². The van der Waals surface area contributed by atoms with Crippen LogP contribution in [0.1, 0.15) is 23.7 Å². The summed E-state index contributed by atoms with van der Waals surface area (Å²) < 4.78 is 7.39. The number of benzene rings is 1. The number of methoxy groups -OCH3 is 1. The monoisotopic (exact) mass is 437 g/mol. The minimum absolute atomic E-state index is 0.0969. The third kappa shape index (κ3) is 3.49. The highest BCUT2D eigenvalue weighted by Crippen LogP contribution is 2.24. The van der Waals surface area contributed by atoms with E-state index in [4.69, 9.17) is 4.74 Å². The van der Waals surface area contributed by atoms with Crippen molar-refractivity contribution in [1.29, 1.82) is 0 Å². The highest BCUT2D eigenvalue weighted by atomic mass is 127. The molecular formula is C14H17BrINO2. The van der Waals surface area contributed by atoms with Crippen molar-refractivity contribution in [2.24, 2.45) is 5.92 Å². The van der Waals surface area contributed by atoms with E-state index in [9.17, 15) is 4.79 Å². The lowest BCUT2D eigenvalue weighted by Crippen LogP contribution is -2.46. The van der Waals surface area contributed by atoms with Crippen LogP contribution in [0, 0.1) is 9.49 Å². The fourth-order valence-electron chi connectivity index (χ4n) is 2.36. The zero-order valence-corrected chi connectivity index (χ0v) is 14.8. The highest BCUT2D eigenvalue weighted by Gasteiger charge is 2.29. The summed E-state index contributed by atoms with van der Waals surface area (Å²) >= 11 is 5.63. The third-order valence-corrected chi connectivity index (χ3v) is 5.07. The maximum Gasteiger partial charge on any atom is 0.255 e. The number of rotatable bonds is 2. The van der Waals surface area contributed by atoms with Gasteiger partial charge in [-0.2, -0.15) is 0 Å². The molecule has 1 heterocycles. The first kappa shape index (κ1) is 15.3. The largest absolute Gasteiger partial charge is 0.379 e. The molecular weight excluding hydrogens is 421 g/mol. The van der Waals surface area contributed by atoms with Gasteiger partial charge in [-0.25, -0.2) is 0 Å². The first-order valence-corrected chi connectivity index (χ1v) is 8.17. The topological polar surface area (TPSA) is 29.5 Å². The van der Waals surface area contributed by atoms with Crippen molar-refractivity contribution in [3.63, 3.8) is 0 Å². The van der Waals surface area contributed by atoms with Crippen LogP contribution in [0.25, 0.3) is 0 Å². The lowest BCUT2D eigenvalue weighted by molar-refractivity contribution is -0.00160. The lowest BCUT2D eigenvalue weighted by atomic mass is 9.95. The zero-order chi connectivity index (χ0) is 14.0. The molecule has 2 rings (SSSR count). The highest BCUT2D eigenvalue weighted by molar-refractivity contribution is 14.1. The predicted octanol–water partition coefficient (Wildman–Crippen LogP) is 3.55. The second-order valence-electron chi connectivity index (χ2n) is 4.92. The van der Waals surface area contributed by atoms with Crippen LogP contribution < -0.4 is 0 Å². The Morgan fingerprint density at radius 3 is 2.95 bits per heavy atom. The molecule has 0 aliphatic carbocycles. The molecule has 2 atom stereocenters. The van der Waals surface area contributed by atoms with Crippen LogP contribution >= 0.6 is 38.5 Å². The van der Waals surface area contributed by atoms with Gasteiger partial charge in [-0.1, -0.05) is 22.9 Å². The molecule has 104 valence electrons. The molecule has 0 spiro atoms. The Bertz CT molecular complexity index is 481. The molecule has 1 saturated heterocycles. The molecule has 0 N–H and O–H groups in total. The summed E-state index contributed by atoms with van der Waals surface area (Å²) in [7, 11) is 1.72. The van der Waals surface area contributed by atoms with Gasteiger partial charge in [0.2, 0.25) is 0 Å². The summed E-state index contributed by atoms with van der Waals surface area (Å²) in [5, 5.41) is 0. The average Bonchev–Trinajstić information content (AvgIpc) is 2.41. The van der Waals surface area contributed by atoms with E-state index < -0.39 is 0 Å². The van der Waals surface area contributed by atoms with E-state index in [-0.39, 0.29) is 12.0 Å². The van der Waals surface area contributed by atoms with Crippen molar-refractivity contribution in [2.75, 3.05) is 20.2 Å². The Morgan fingerprint density at radius 1 is 1.53 bits per heavy atom. The molecule has 0 radical (unpaired) electrons. The predicted molar refractivity (Wildman–Crippen MR) is 87.3 cm³/mol. The molecule has 1 fully saturated rings. The molecule has 1 aliphatic rings. The van der Waals surface area contributed by atoms with Gasteiger partial charge in [-0.3, -0.25) is 4.79 Å². The van der Waals surface area contributed by atoms with Crippen LogP contribution in [0.15, 0.2) is 22.7 Å². The van der Waals surface area contributed by atoms with Crippen molar-refractivity contribution < 1.29 is 9.53 Å². The zero-order valence-electron chi connectivity index (χ0n) is 11.0. The minimum atomic E-state index is 0.0969. The van der Waals surface area contributed by atoms with E-state index in [0.29, 0.717) is 12.5 Å². The minimum Gasteiger partial charge on any atom is -0.379 e. The molecule has 1 aromatic carbocycles. The summed E-state index contributed by atoms with van der Waals surface area (Å²) in [5.41, 5.74) is 0.763. The quantitative estimate of drug-likeness (QED) is 0.662. The fourth-order valence-corrected chi connectivity index (χ4v) is 3.28. The third-order valence-electron chi connectivity index (χ3n) is 3.64. The fraction of sp³-hybridized carbons (Fsp3) is 0.500.